The van der Waals surface area contributed by atoms with Crippen LogP contribution in [0.4, 0.5) is 0 Å². The molecule has 5 nitrogen and oxygen atoms in total. The first-order valence-electron chi connectivity index (χ1n) is 10.4. The van der Waals surface area contributed by atoms with Crippen molar-refractivity contribution in [2.75, 3.05) is 6.54 Å². The second kappa shape index (κ2) is 15.1. The third kappa shape index (κ3) is 10.9. The van der Waals surface area contributed by atoms with Gasteiger partial charge in [-0.1, -0.05) is 78.8 Å². The highest BCUT2D eigenvalue weighted by Crippen LogP contribution is 2.22. The van der Waals surface area contributed by atoms with Crippen LogP contribution in [0.25, 0.3) is 0 Å². The van der Waals surface area contributed by atoms with Crippen LogP contribution in [0.3, 0.4) is 0 Å². The molecule has 0 aliphatic heterocycles. The van der Waals surface area contributed by atoms with Gasteiger partial charge in [-0.3, -0.25) is 10.3 Å². The lowest BCUT2D eigenvalue weighted by atomic mass is 9.87. The molecule has 5 heteroatoms. The molecule has 0 fully saturated rings. The van der Waals surface area contributed by atoms with Gasteiger partial charge in [0.2, 0.25) is 5.96 Å². The smallest absolute Gasteiger partial charge is 0.205 e. The van der Waals surface area contributed by atoms with Crippen LogP contribution in [0.1, 0.15) is 65.3 Å². The van der Waals surface area contributed by atoms with Crippen molar-refractivity contribution in [1.29, 1.82) is 5.26 Å². The summed E-state index contributed by atoms with van der Waals surface area (Å²) in [6.07, 6.45) is 4.47. The highest BCUT2D eigenvalue weighted by Gasteiger charge is 2.12. The number of aliphatic imine (C=N–C) groups is 1. The standard InChI is InChI=1S/C20H25N5.2C2H6/c1-20(2,3)17-9-7-16(8-10-17)14-24-19(25-15-21)23-13-11-18-6-4-5-12-22-18;2*1-2/h4-10,12H,11,13-14H2,1-3H3,(H2,23,24,25);2*1-2H3. The van der Waals surface area contributed by atoms with Crippen molar-refractivity contribution < 1.29 is 0 Å². The molecule has 1 heterocycles. The van der Waals surface area contributed by atoms with E-state index in [2.05, 4.69) is 65.6 Å². The first-order valence-corrected chi connectivity index (χ1v) is 10.4. The van der Waals surface area contributed by atoms with Gasteiger partial charge in [0.15, 0.2) is 6.19 Å². The van der Waals surface area contributed by atoms with E-state index in [4.69, 9.17) is 5.26 Å². The van der Waals surface area contributed by atoms with Crippen LogP contribution in [0.2, 0.25) is 0 Å². The zero-order valence-corrected chi connectivity index (χ0v) is 19.1. The molecule has 0 atom stereocenters. The maximum Gasteiger partial charge on any atom is 0.205 e. The molecule has 2 rings (SSSR count). The quantitative estimate of drug-likeness (QED) is 0.316. The van der Waals surface area contributed by atoms with Crippen LogP contribution in [-0.4, -0.2) is 17.5 Å². The summed E-state index contributed by atoms with van der Waals surface area (Å²) in [7, 11) is 0. The molecule has 0 spiro atoms. The zero-order chi connectivity index (χ0) is 22.1. The summed E-state index contributed by atoms with van der Waals surface area (Å²) in [5, 5.41) is 14.6. The first kappa shape index (κ1) is 26.1. The maximum atomic E-state index is 8.88. The number of nitrogens with zero attached hydrogens (tertiary/aromatic N) is 3. The van der Waals surface area contributed by atoms with Gasteiger partial charge in [0.05, 0.1) is 6.54 Å². The van der Waals surface area contributed by atoms with Crippen LogP contribution in [0, 0.1) is 11.5 Å². The number of rotatable bonds is 5. The fraction of sp³-hybridized carbons (Fsp3) is 0.458. The lowest BCUT2D eigenvalue weighted by molar-refractivity contribution is 0.590. The number of aromatic nitrogens is 1. The summed E-state index contributed by atoms with van der Waals surface area (Å²) in [5.41, 5.74) is 3.55. The minimum absolute atomic E-state index is 0.141. The number of nitrogens with one attached hydrogen (secondary N) is 2. The summed E-state index contributed by atoms with van der Waals surface area (Å²) in [5.74, 6) is 0.485. The molecular weight excluding hydrogens is 358 g/mol. The normalized spacial score (nSPS) is 10.5. The Kier molecular flexibility index (Phi) is 13.6. The van der Waals surface area contributed by atoms with Crippen molar-refractivity contribution in [2.24, 2.45) is 4.99 Å². The predicted octanol–water partition coefficient (Wildman–Crippen LogP) is 5.19. The van der Waals surface area contributed by atoms with E-state index >= 15 is 0 Å². The second-order valence-electron chi connectivity index (χ2n) is 6.85. The van der Waals surface area contributed by atoms with Gasteiger partial charge in [0, 0.05) is 24.9 Å². The molecule has 0 radical (unpaired) electrons. The van der Waals surface area contributed by atoms with Gasteiger partial charge in [0.1, 0.15) is 0 Å². The van der Waals surface area contributed by atoms with Crippen molar-refractivity contribution in [2.45, 2.75) is 66.8 Å². The molecule has 0 amide bonds. The van der Waals surface area contributed by atoms with Crippen LogP contribution >= 0.6 is 0 Å². The van der Waals surface area contributed by atoms with Crippen molar-refractivity contribution in [1.82, 2.24) is 15.6 Å². The molecular formula is C24H37N5. The lowest BCUT2D eigenvalue weighted by Gasteiger charge is -2.19. The molecule has 158 valence electrons. The molecule has 2 aromatic rings. The Bertz CT molecular complexity index is 723. The van der Waals surface area contributed by atoms with Crippen LogP contribution in [0.15, 0.2) is 53.7 Å². The number of pyridine rings is 1. The van der Waals surface area contributed by atoms with E-state index in [1.165, 1.54) is 5.56 Å². The summed E-state index contributed by atoms with van der Waals surface area (Å²) in [4.78, 5) is 8.74. The molecule has 0 saturated carbocycles. The summed E-state index contributed by atoms with van der Waals surface area (Å²) in [6.45, 7) is 15.8. The molecule has 1 aromatic carbocycles. The zero-order valence-electron chi connectivity index (χ0n) is 19.1. The summed E-state index contributed by atoms with van der Waals surface area (Å²) < 4.78 is 0. The van der Waals surface area contributed by atoms with Gasteiger partial charge in [-0.05, 0) is 28.7 Å². The average Bonchev–Trinajstić information content (AvgIpc) is 2.75. The topological polar surface area (TPSA) is 73.1 Å². The molecule has 2 N–H and O–H groups in total. The van der Waals surface area contributed by atoms with E-state index < -0.39 is 0 Å². The van der Waals surface area contributed by atoms with E-state index in [-0.39, 0.29) is 5.41 Å². The van der Waals surface area contributed by atoms with Crippen molar-refractivity contribution in [3.63, 3.8) is 0 Å². The molecule has 1 aromatic heterocycles. The molecule has 0 aliphatic carbocycles. The number of hydrogen-bond donors (Lipinski definition) is 2. The highest BCUT2D eigenvalue weighted by atomic mass is 15.2. The summed E-state index contributed by atoms with van der Waals surface area (Å²) in [6, 6.07) is 14.3. The van der Waals surface area contributed by atoms with Crippen molar-refractivity contribution in [3.8, 4) is 6.19 Å². The van der Waals surface area contributed by atoms with E-state index in [0.29, 0.717) is 19.0 Å². The average molecular weight is 396 g/mol. The number of hydrogen-bond acceptors (Lipinski definition) is 3. The molecule has 0 bridgehead atoms. The third-order valence-corrected chi connectivity index (χ3v) is 3.81. The van der Waals surface area contributed by atoms with Crippen LogP contribution < -0.4 is 10.6 Å². The molecule has 0 aliphatic rings. The van der Waals surface area contributed by atoms with Crippen molar-refractivity contribution >= 4 is 5.96 Å². The SMILES string of the molecule is CC.CC.CC(C)(C)c1ccc(CN=C(NC#N)NCCc2ccccn2)cc1. The molecule has 0 unspecified atom stereocenters. The number of guanidine groups is 1. The van der Waals surface area contributed by atoms with Gasteiger partial charge in [-0.15, -0.1) is 0 Å². The minimum atomic E-state index is 0.141. The van der Waals surface area contributed by atoms with E-state index in [9.17, 15) is 0 Å². The van der Waals surface area contributed by atoms with E-state index in [1.807, 2.05) is 52.1 Å². The van der Waals surface area contributed by atoms with Gasteiger partial charge < -0.3 is 5.32 Å². The van der Waals surface area contributed by atoms with Gasteiger partial charge in [-0.25, -0.2) is 4.99 Å². The number of nitriles is 1. The van der Waals surface area contributed by atoms with Gasteiger partial charge in [-0.2, -0.15) is 5.26 Å². The van der Waals surface area contributed by atoms with Gasteiger partial charge in [0.25, 0.3) is 0 Å². The number of benzene rings is 1. The highest BCUT2D eigenvalue weighted by molar-refractivity contribution is 5.81. The predicted molar refractivity (Wildman–Crippen MR) is 124 cm³/mol. The maximum absolute atomic E-state index is 8.88. The van der Waals surface area contributed by atoms with Crippen LogP contribution in [-0.2, 0) is 18.4 Å². The molecule has 29 heavy (non-hydrogen) atoms. The van der Waals surface area contributed by atoms with Crippen LogP contribution in [0.5, 0.6) is 0 Å². The Balaban J connectivity index is 0.00000184. The Morgan fingerprint density at radius 3 is 2.21 bits per heavy atom. The first-order chi connectivity index (χ1) is 14.0. The third-order valence-electron chi connectivity index (χ3n) is 3.81. The Labute approximate surface area is 177 Å². The second-order valence-corrected chi connectivity index (χ2v) is 6.85. The van der Waals surface area contributed by atoms with Crippen molar-refractivity contribution in [3.05, 3.63) is 65.5 Å². The Morgan fingerprint density at radius 1 is 1.03 bits per heavy atom. The minimum Gasteiger partial charge on any atom is -0.355 e. The fourth-order valence-electron chi connectivity index (χ4n) is 2.33. The van der Waals surface area contributed by atoms with E-state index in [1.54, 1.807) is 6.20 Å². The Hall–Kier alpha value is -2.87. The van der Waals surface area contributed by atoms with Gasteiger partial charge >= 0.3 is 0 Å². The summed E-state index contributed by atoms with van der Waals surface area (Å²) >= 11 is 0. The lowest BCUT2D eigenvalue weighted by Crippen LogP contribution is -2.35. The monoisotopic (exact) mass is 395 g/mol. The van der Waals surface area contributed by atoms with E-state index in [0.717, 1.165) is 17.7 Å². The molecule has 0 saturated heterocycles. The fourth-order valence-corrected chi connectivity index (χ4v) is 2.33. The largest absolute Gasteiger partial charge is 0.355 e. The Morgan fingerprint density at radius 2 is 1.69 bits per heavy atom.